The third-order valence-corrected chi connectivity index (χ3v) is 3.19. The first kappa shape index (κ1) is 11.6. The fraction of sp³-hybridized carbons (Fsp3) is 0.231. The Kier molecular flexibility index (Phi) is 2.63. The van der Waals surface area contributed by atoms with E-state index in [0.717, 1.165) is 17.8 Å². The Bertz CT molecular complexity index is 623. The lowest BCUT2D eigenvalue weighted by Crippen LogP contribution is -2.29. The van der Waals surface area contributed by atoms with Crippen LogP contribution < -0.4 is 10.6 Å². The van der Waals surface area contributed by atoms with E-state index >= 15 is 0 Å². The molecule has 0 radical (unpaired) electrons. The number of hydrogen-bond donors (Lipinski definition) is 1. The van der Waals surface area contributed by atoms with Gasteiger partial charge in [-0.3, -0.25) is 4.90 Å². The Morgan fingerprint density at radius 2 is 2.16 bits per heavy atom. The van der Waals surface area contributed by atoms with Gasteiger partial charge in [0.2, 0.25) is 0 Å². The molecule has 1 aliphatic heterocycles. The van der Waals surface area contributed by atoms with Crippen LogP contribution in [0.15, 0.2) is 34.9 Å². The van der Waals surface area contributed by atoms with Crippen molar-refractivity contribution in [3.8, 4) is 11.3 Å². The largest absolute Gasteiger partial charge is 0.381 e. The minimum atomic E-state index is 0.00855. The summed E-state index contributed by atoms with van der Waals surface area (Å²) in [6.07, 6.45) is 0. The highest BCUT2D eigenvalue weighted by atomic mass is 16.5. The van der Waals surface area contributed by atoms with Gasteiger partial charge in [0.05, 0.1) is 0 Å². The molecule has 0 spiro atoms. The molecule has 0 atom stereocenters. The highest BCUT2D eigenvalue weighted by molar-refractivity contribution is 5.94. The van der Waals surface area contributed by atoms with Gasteiger partial charge < -0.3 is 15.2 Å². The molecule has 6 nitrogen and oxygen atoms in total. The standard InChI is InChI=1S/C13H14N4O2/c1-16-5-6-17(13(16)18)10-4-2-3-9(7-10)11-8-12(14)15-19-11/h2-4,7-8H,5-6H2,1H3,(H2,14,15). The number of carbonyl (C=O) groups excluding carboxylic acids is 1. The van der Waals surface area contributed by atoms with Crippen LogP contribution in [0.4, 0.5) is 16.3 Å². The maximum absolute atomic E-state index is 12.0. The van der Waals surface area contributed by atoms with Crippen molar-refractivity contribution in [3.63, 3.8) is 0 Å². The second kappa shape index (κ2) is 4.31. The second-order valence-electron chi connectivity index (χ2n) is 4.52. The van der Waals surface area contributed by atoms with Crippen LogP contribution in [0.2, 0.25) is 0 Å². The van der Waals surface area contributed by atoms with Crippen LogP contribution in [0.1, 0.15) is 0 Å². The molecule has 98 valence electrons. The number of anilines is 2. The molecule has 1 aromatic carbocycles. The number of aromatic nitrogens is 1. The van der Waals surface area contributed by atoms with E-state index in [2.05, 4.69) is 5.16 Å². The molecule has 0 bridgehead atoms. The number of benzene rings is 1. The lowest BCUT2D eigenvalue weighted by Gasteiger charge is -2.16. The van der Waals surface area contributed by atoms with E-state index in [0.29, 0.717) is 18.1 Å². The maximum atomic E-state index is 12.0. The number of carbonyl (C=O) groups is 1. The number of urea groups is 1. The van der Waals surface area contributed by atoms with Gasteiger partial charge >= 0.3 is 6.03 Å². The number of likely N-dealkylation sites (N-methyl/N-ethyl adjacent to an activating group) is 1. The third-order valence-electron chi connectivity index (χ3n) is 3.19. The summed E-state index contributed by atoms with van der Waals surface area (Å²) in [6.45, 7) is 1.43. The Morgan fingerprint density at radius 1 is 1.32 bits per heavy atom. The van der Waals surface area contributed by atoms with Gasteiger partial charge in [0.1, 0.15) is 0 Å². The van der Waals surface area contributed by atoms with Crippen molar-refractivity contribution >= 4 is 17.5 Å². The molecule has 6 heteroatoms. The predicted octanol–water partition coefficient (Wildman–Crippen LogP) is 1.80. The third kappa shape index (κ3) is 2.01. The molecule has 1 saturated heterocycles. The van der Waals surface area contributed by atoms with Crippen LogP contribution in [0.5, 0.6) is 0 Å². The number of nitrogens with two attached hydrogens (primary N) is 1. The molecule has 19 heavy (non-hydrogen) atoms. The summed E-state index contributed by atoms with van der Waals surface area (Å²) < 4.78 is 5.13. The molecule has 3 rings (SSSR count). The van der Waals surface area contributed by atoms with Crippen LogP contribution >= 0.6 is 0 Å². The van der Waals surface area contributed by atoms with Crippen molar-refractivity contribution in [3.05, 3.63) is 30.3 Å². The van der Waals surface area contributed by atoms with Crippen LogP contribution in [0.3, 0.4) is 0 Å². The summed E-state index contributed by atoms with van der Waals surface area (Å²) in [5.74, 6) is 0.941. The van der Waals surface area contributed by atoms with Crippen molar-refractivity contribution in [2.45, 2.75) is 0 Å². The molecule has 2 N–H and O–H groups in total. The zero-order valence-electron chi connectivity index (χ0n) is 10.5. The molecule has 1 aromatic heterocycles. The number of nitrogen functional groups attached to an aromatic ring is 1. The smallest absolute Gasteiger partial charge is 0.324 e. The number of amides is 2. The van der Waals surface area contributed by atoms with Gasteiger partial charge in [0.25, 0.3) is 0 Å². The van der Waals surface area contributed by atoms with Crippen molar-refractivity contribution in [2.24, 2.45) is 0 Å². The zero-order valence-corrected chi connectivity index (χ0v) is 10.5. The minimum Gasteiger partial charge on any atom is -0.381 e. The van der Waals surface area contributed by atoms with Gasteiger partial charge in [-0.15, -0.1) is 0 Å². The average molecular weight is 258 g/mol. The molecule has 0 saturated carbocycles. The van der Waals surface area contributed by atoms with E-state index < -0.39 is 0 Å². The predicted molar refractivity (Wildman–Crippen MR) is 71.7 cm³/mol. The Labute approximate surface area is 110 Å². The molecule has 1 fully saturated rings. The van der Waals surface area contributed by atoms with Gasteiger partial charge in [0.15, 0.2) is 11.6 Å². The highest BCUT2D eigenvalue weighted by Crippen LogP contribution is 2.27. The van der Waals surface area contributed by atoms with Crippen molar-refractivity contribution in [2.75, 3.05) is 30.8 Å². The monoisotopic (exact) mass is 258 g/mol. The van der Waals surface area contributed by atoms with Crippen molar-refractivity contribution in [1.82, 2.24) is 10.1 Å². The van der Waals surface area contributed by atoms with E-state index in [4.69, 9.17) is 10.3 Å². The summed E-state index contributed by atoms with van der Waals surface area (Å²) >= 11 is 0. The van der Waals surface area contributed by atoms with Crippen LogP contribution in [0.25, 0.3) is 11.3 Å². The summed E-state index contributed by atoms with van der Waals surface area (Å²) in [4.78, 5) is 15.4. The van der Waals surface area contributed by atoms with E-state index in [9.17, 15) is 4.79 Å². The molecule has 0 unspecified atom stereocenters. The summed E-state index contributed by atoms with van der Waals surface area (Å²) in [5.41, 5.74) is 7.24. The Morgan fingerprint density at radius 3 is 2.79 bits per heavy atom. The van der Waals surface area contributed by atoms with Crippen LogP contribution in [-0.2, 0) is 0 Å². The first-order valence-corrected chi connectivity index (χ1v) is 6.00. The topological polar surface area (TPSA) is 75.6 Å². The zero-order chi connectivity index (χ0) is 13.4. The summed E-state index contributed by atoms with van der Waals surface area (Å²) in [5, 5.41) is 3.66. The fourth-order valence-corrected chi connectivity index (χ4v) is 2.14. The number of hydrogen-bond acceptors (Lipinski definition) is 4. The maximum Gasteiger partial charge on any atom is 0.324 e. The van der Waals surface area contributed by atoms with Gasteiger partial charge in [-0.25, -0.2) is 4.79 Å². The van der Waals surface area contributed by atoms with Gasteiger partial charge in [-0.05, 0) is 12.1 Å². The van der Waals surface area contributed by atoms with Crippen LogP contribution in [-0.4, -0.2) is 36.2 Å². The quantitative estimate of drug-likeness (QED) is 0.891. The molecule has 2 aromatic rings. The molecular formula is C13H14N4O2. The Hall–Kier alpha value is -2.50. The van der Waals surface area contributed by atoms with Crippen molar-refractivity contribution < 1.29 is 9.32 Å². The minimum absolute atomic E-state index is 0.00855. The van der Waals surface area contributed by atoms with E-state index in [-0.39, 0.29) is 6.03 Å². The van der Waals surface area contributed by atoms with Gasteiger partial charge in [0, 0.05) is 37.5 Å². The average Bonchev–Trinajstić information content (AvgIpc) is 2.98. The van der Waals surface area contributed by atoms with E-state index in [1.807, 2.05) is 24.3 Å². The van der Waals surface area contributed by atoms with E-state index in [1.165, 1.54) is 0 Å². The summed E-state index contributed by atoms with van der Waals surface area (Å²) in [7, 11) is 1.79. The van der Waals surface area contributed by atoms with Crippen molar-refractivity contribution in [1.29, 1.82) is 0 Å². The van der Waals surface area contributed by atoms with Crippen LogP contribution in [0, 0.1) is 0 Å². The van der Waals surface area contributed by atoms with Gasteiger partial charge in [-0.1, -0.05) is 17.3 Å². The fourth-order valence-electron chi connectivity index (χ4n) is 2.14. The Balaban J connectivity index is 1.94. The van der Waals surface area contributed by atoms with Gasteiger partial charge in [-0.2, -0.15) is 0 Å². The second-order valence-corrected chi connectivity index (χ2v) is 4.52. The first-order valence-electron chi connectivity index (χ1n) is 6.00. The molecular weight excluding hydrogens is 244 g/mol. The lowest BCUT2D eigenvalue weighted by atomic mass is 10.1. The number of nitrogens with zero attached hydrogens (tertiary/aromatic N) is 3. The molecule has 0 aliphatic carbocycles. The molecule has 1 aliphatic rings. The first-order chi connectivity index (χ1) is 9.15. The molecule has 2 heterocycles. The highest BCUT2D eigenvalue weighted by Gasteiger charge is 2.26. The molecule has 2 amide bonds. The normalized spacial score (nSPS) is 15.3. The lowest BCUT2D eigenvalue weighted by molar-refractivity contribution is 0.229. The summed E-state index contributed by atoms with van der Waals surface area (Å²) in [6, 6.07) is 9.26. The SMILES string of the molecule is CN1CCN(c2cccc(-c3cc(N)no3)c2)C1=O. The number of rotatable bonds is 2. The van der Waals surface area contributed by atoms with E-state index in [1.54, 1.807) is 22.9 Å².